The molecule has 6 heteroatoms. The first-order chi connectivity index (χ1) is 40.5. The summed E-state index contributed by atoms with van der Waals surface area (Å²) in [5, 5.41) is 0. The molecule has 0 saturated carbocycles. The average Bonchev–Trinajstić information content (AvgIpc) is 3.48. The fraction of sp³-hybridized carbons (Fsp3) is 0.697. The maximum absolute atomic E-state index is 12.9. The van der Waals surface area contributed by atoms with E-state index in [1.54, 1.807) is 0 Å². The Labute approximate surface area is 507 Å². The molecule has 0 bridgehead atoms. The van der Waals surface area contributed by atoms with Crippen LogP contribution in [0, 0.1) is 0 Å². The summed E-state index contributed by atoms with van der Waals surface area (Å²) in [5.41, 5.74) is 0. The normalized spacial score (nSPS) is 12.9. The molecule has 0 spiro atoms. The Kier molecular flexibility index (Phi) is 65.8. The van der Waals surface area contributed by atoms with Crippen LogP contribution in [-0.2, 0) is 28.6 Å². The third-order valence-electron chi connectivity index (χ3n) is 14.7. The number of hydrogen-bond donors (Lipinski definition) is 0. The summed E-state index contributed by atoms with van der Waals surface area (Å²) >= 11 is 0. The molecule has 0 fully saturated rings. The molecule has 0 aliphatic heterocycles. The lowest BCUT2D eigenvalue weighted by Gasteiger charge is -2.18. The van der Waals surface area contributed by atoms with Gasteiger partial charge in [-0.05, 0) is 109 Å². The molecular weight excluding hydrogens is 1010 g/mol. The SMILES string of the molecule is CC/C=C\C/C=C\C/C=C\C/C=C\C/C=C\C/C=C\C/C=C\C/C=C\C/C=C\CCCCCCCC(=O)OCC(COC(=O)CCCCCCC/C=C\CCC)OC(=O)CCCCCCCCCCCCCCCCCCCCCCC. The molecule has 1 unspecified atom stereocenters. The van der Waals surface area contributed by atoms with Crippen molar-refractivity contribution in [3.8, 4) is 0 Å². The molecule has 0 saturated heterocycles. The number of esters is 3. The Balaban J connectivity index is 4.26. The zero-order valence-corrected chi connectivity index (χ0v) is 53.7. The third kappa shape index (κ3) is 66.6. The Bertz CT molecular complexity index is 1690. The number of ether oxygens (including phenoxy) is 3. The van der Waals surface area contributed by atoms with Gasteiger partial charge in [-0.25, -0.2) is 0 Å². The van der Waals surface area contributed by atoms with Crippen molar-refractivity contribution in [3.05, 3.63) is 122 Å². The van der Waals surface area contributed by atoms with E-state index in [2.05, 4.69) is 142 Å². The highest BCUT2D eigenvalue weighted by Gasteiger charge is 2.19. The molecule has 0 aliphatic rings. The molecular formula is C76H128O6. The van der Waals surface area contributed by atoms with Crippen molar-refractivity contribution in [1.82, 2.24) is 0 Å². The van der Waals surface area contributed by atoms with E-state index >= 15 is 0 Å². The summed E-state index contributed by atoms with van der Waals surface area (Å²) < 4.78 is 16.9. The van der Waals surface area contributed by atoms with Crippen molar-refractivity contribution in [3.63, 3.8) is 0 Å². The second-order valence-corrected chi connectivity index (χ2v) is 22.7. The highest BCUT2D eigenvalue weighted by molar-refractivity contribution is 5.71. The summed E-state index contributed by atoms with van der Waals surface area (Å²) in [7, 11) is 0. The van der Waals surface area contributed by atoms with Crippen molar-refractivity contribution < 1.29 is 28.6 Å². The van der Waals surface area contributed by atoms with Crippen LogP contribution in [0.15, 0.2) is 122 Å². The van der Waals surface area contributed by atoms with Crippen LogP contribution in [0.2, 0.25) is 0 Å². The minimum atomic E-state index is -0.791. The highest BCUT2D eigenvalue weighted by Crippen LogP contribution is 2.17. The Hall–Kier alpha value is -4.19. The van der Waals surface area contributed by atoms with E-state index in [0.29, 0.717) is 19.3 Å². The predicted octanol–water partition coefficient (Wildman–Crippen LogP) is 23.9. The van der Waals surface area contributed by atoms with Crippen LogP contribution in [0.4, 0.5) is 0 Å². The first kappa shape index (κ1) is 77.8. The van der Waals surface area contributed by atoms with Gasteiger partial charge >= 0.3 is 17.9 Å². The van der Waals surface area contributed by atoms with Crippen molar-refractivity contribution in [2.45, 2.75) is 329 Å². The Morgan fingerprint density at radius 1 is 0.256 bits per heavy atom. The van der Waals surface area contributed by atoms with E-state index in [0.717, 1.165) is 154 Å². The smallest absolute Gasteiger partial charge is 0.306 e. The predicted molar refractivity (Wildman–Crippen MR) is 357 cm³/mol. The van der Waals surface area contributed by atoms with Crippen molar-refractivity contribution in [2.75, 3.05) is 13.2 Å². The van der Waals surface area contributed by atoms with Gasteiger partial charge in [0.15, 0.2) is 6.10 Å². The molecule has 0 rings (SSSR count). The third-order valence-corrected chi connectivity index (χ3v) is 14.7. The zero-order valence-electron chi connectivity index (χ0n) is 53.7. The summed E-state index contributed by atoms with van der Waals surface area (Å²) in [6.07, 6.45) is 96.6. The summed E-state index contributed by atoms with van der Waals surface area (Å²) in [6, 6.07) is 0. The molecule has 0 radical (unpaired) electrons. The van der Waals surface area contributed by atoms with E-state index in [1.165, 1.54) is 128 Å². The first-order valence-electron chi connectivity index (χ1n) is 34.5. The van der Waals surface area contributed by atoms with Crippen molar-refractivity contribution >= 4 is 17.9 Å². The van der Waals surface area contributed by atoms with E-state index in [1.807, 2.05) is 0 Å². The standard InChI is InChI=1S/C76H128O6/c1-4-7-10-13-16-19-22-24-26-28-30-32-33-34-35-36-37-38-39-40-41-42-43-45-46-48-50-52-54-57-60-63-66-69-75(78)81-72-73(71-80-74(77)68-65-62-59-56-21-18-15-12-9-6-3)82-76(79)70-67-64-61-58-55-53-51-49-47-44-31-29-27-25-23-20-17-14-11-8-5-2/h7,10,12,15-16,19,24,26,30,32,34-35,37-38,40-41,43,45,48,50,73H,4-6,8-9,11,13-14,17-18,20-23,25,27-29,31,33,36,39,42,44,46-47,49,51-72H2,1-3H3/b10-7-,15-12-,19-16-,26-24-,32-30-,35-34-,38-37-,41-40-,45-43-,50-48-. The fourth-order valence-corrected chi connectivity index (χ4v) is 9.56. The first-order valence-corrected chi connectivity index (χ1v) is 34.5. The van der Waals surface area contributed by atoms with E-state index in [4.69, 9.17) is 14.2 Å². The highest BCUT2D eigenvalue weighted by atomic mass is 16.6. The molecule has 0 heterocycles. The van der Waals surface area contributed by atoms with Gasteiger partial charge in [0.05, 0.1) is 0 Å². The topological polar surface area (TPSA) is 78.9 Å². The lowest BCUT2D eigenvalue weighted by atomic mass is 10.0. The quantitative estimate of drug-likeness (QED) is 0.0261. The van der Waals surface area contributed by atoms with Crippen LogP contribution in [0.3, 0.4) is 0 Å². The van der Waals surface area contributed by atoms with Gasteiger partial charge in [-0.2, -0.15) is 0 Å². The van der Waals surface area contributed by atoms with E-state index < -0.39 is 6.10 Å². The lowest BCUT2D eigenvalue weighted by molar-refractivity contribution is -0.167. The summed E-state index contributed by atoms with van der Waals surface area (Å²) in [4.78, 5) is 38.3. The second-order valence-electron chi connectivity index (χ2n) is 22.7. The molecule has 0 aromatic carbocycles. The van der Waals surface area contributed by atoms with Gasteiger partial charge in [-0.15, -0.1) is 0 Å². The molecule has 0 aromatic heterocycles. The van der Waals surface area contributed by atoms with Gasteiger partial charge in [0, 0.05) is 19.3 Å². The monoisotopic (exact) mass is 1140 g/mol. The summed E-state index contributed by atoms with van der Waals surface area (Å²) in [6.45, 7) is 6.47. The molecule has 0 N–H and O–H groups in total. The maximum Gasteiger partial charge on any atom is 0.306 e. The van der Waals surface area contributed by atoms with E-state index in [9.17, 15) is 14.4 Å². The Morgan fingerprint density at radius 3 is 0.805 bits per heavy atom. The molecule has 6 nitrogen and oxygen atoms in total. The number of unbranched alkanes of at least 4 members (excludes halogenated alkanes) is 31. The van der Waals surface area contributed by atoms with Gasteiger partial charge < -0.3 is 14.2 Å². The number of allylic oxidation sites excluding steroid dienone is 20. The van der Waals surface area contributed by atoms with Gasteiger partial charge in [-0.1, -0.05) is 316 Å². The van der Waals surface area contributed by atoms with Gasteiger partial charge in [0.2, 0.25) is 0 Å². The fourth-order valence-electron chi connectivity index (χ4n) is 9.56. The number of carbonyl (C=O) groups is 3. The van der Waals surface area contributed by atoms with Crippen LogP contribution in [-0.4, -0.2) is 37.2 Å². The van der Waals surface area contributed by atoms with Gasteiger partial charge in [0.25, 0.3) is 0 Å². The van der Waals surface area contributed by atoms with E-state index in [-0.39, 0.29) is 31.1 Å². The average molecular weight is 1140 g/mol. The Morgan fingerprint density at radius 2 is 0.500 bits per heavy atom. The van der Waals surface area contributed by atoms with Crippen LogP contribution in [0.5, 0.6) is 0 Å². The summed E-state index contributed by atoms with van der Waals surface area (Å²) in [5.74, 6) is -0.907. The second kappa shape index (κ2) is 69.3. The molecule has 0 aromatic rings. The van der Waals surface area contributed by atoms with Crippen LogP contribution < -0.4 is 0 Å². The maximum atomic E-state index is 12.9. The van der Waals surface area contributed by atoms with Gasteiger partial charge in [0.1, 0.15) is 13.2 Å². The zero-order chi connectivity index (χ0) is 59.2. The minimum absolute atomic E-state index is 0.0876. The van der Waals surface area contributed by atoms with Crippen LogP contribution >= 0.6 is 0 Å². The number of hydrogen-bond acceptors (Lipinski definition) is 6. The van der Waals surface area contributed by atoms with Gasteiger partial charge in [-0.3, -0.25) is 14.4 Å². The minimum Gasteiger partial charge on any atom is -0.462 e. The largest absolute Gasteiger partial charge is 0.462 e. The van der Waals surface area contributed by atoms with Crippen LogP contribution in [0.25, 0.3) is 0 Å². The molecule has 1 atom stereocenters. The number of carbonyl (C=O) groups excluding carboxylic acids is 3. The lowest BCUT2D eigenvalue weighted by Crippen LogP contribution is -2.30. The molecule has 82 heavy (non-hydrogen) atoms. The van der Waals surface area contributed by atoms with Crippen molar-refractivity contribution in [1.29, 1.82) is 0 Å². The number of rotatable bonds is 62. The van der Waals surface area contributed by atoms with Crippen molar-refractivity contribution in [2.24, 2.45) is 0 Å². The molecule has 0 amide bonds. The molecule has 468 valence electrons. The van der Waals surface area contributed by atoms with Crippen LogP contribution in [0.1, 0.15) is 323 Å². The molecule has 0 aliphatic carbocycles.